The fraction of sp³-hybridized carbons (Fsp3) is 0.706. The summed E-state index contributed by atoms with van der Waals surface area (Å²) in [5, 5.41) is 3.72. The standard InChI is InChI=1S/C17H23F2N3O3/c1-4-17(16(24)25-5-2)9-10-6-7-13(17)22(10)15(23)12-8-11(14(18)19)20-21(12)3/h8,10,13-14H,4-7,9H2,1-3H3/t10-,13+,17+/m1/s1. The predicted octanol–water partition coefficient (Wildman–Crippen LogP) is 2.69. The summed E-state index contributed by atoms with van der Waals surface area (Å²) in [6.07, 6.45) is -0.0278. The first-order valence-corrected chi connectivity index (χ1v) is 8.67. The third-order valence-corrected chi connectivity index (χ3v) is 5.63. The number of carbonyl (C=O) groups excluding carboxylic acids is 2. The second-order valence-electron chi connectivity index (χ2n) is 6.77. The molecule has 138 valence electrons. The Balaban J connectivity index is 1.91. The Morgan fingerprint density at radius 3 is 2.68 bits per heavy atom. The molecule has 2 fully saturated rings. The van der Waals surface area contributed by atoms with E-state index in [2.05, 4.69) is 5.10 Å². The average Bonchev–Trinajstić information content (AvgIpc) is 3.25. The minimum Gasteiger partial charge on any atom is -0.466 e. The number of esters is 1. The molecule has 0 N–H and O–H groups in total. The fourth-order valence-electron chi connectivity index (χ4n) is 4.44. The van der Waals surface area contributed by atoms with Crippen molar-refractivity contribution < 1.29 is 23.1 Å². The summed E-state index contributed by atoms with van der Waals surface area (Å²) in [6.45, 7) is 3.99. The molecule has 2 aliphatic heterocycles. The monoisotopic (exact) mass is 355 g/mol. The Morgan fingerprint density at radius 1 is 1.40 bits per heavy atom. The minimum atomic E-state index is -2.72. The van der Waals surface area contributed by atoms with Crippen molar-refractivity contribution in [2.24, 2.45) is 12.5 Å². The number of rotatable bonds is 5. The summed E-state index contributed by atoms with van der Waals surface area (Å²) in [7, 11) is 1.48. The topological polar surface area (TPSA) is 64.4 Å². The van der Waals surface area contributed by atoms with Gasteiger partial charge in [-0.1, -0.05) is 6.92 Å². The summed E-state index contributed by atoms with van der Waals surface area (Å²) in [5.74, 6) is -0.602. The molecule has 3 rings (SSSR count). The van der Waals surface area contributed by atoms with Gasteiger partial charge in [0.05, 0.1) is 12.0 Å². The molecule has 0 aliphatic carbocycles. The Bertz CT molecular complexity index is 691. The minimum absolute atomic E-state index is 0.0632. The van der Waals surface area contributed by atoms with Gasteiger partial charge in [-0.2, -0.15) is 5.10 Å². The van der Waals surface area contributed by atoms with Crippen LogP contribution >= 0.6 is 0 Å². The highest BCUT2D eigenvalue weighted by Crippen LogP contribution is 2.52. The molecule has 6 nitrogen and oxygen atoms in total. The normalized spacial score (nSPS) is 28.0. The van der Waals surface area contributed by atoms with Crippen molar-refractivity contribution in [3.8, 4) is 0 Å². The second-order valence-corrected chi connectivity index (χ2v) is 6.77. The lowest BCUT2D eigenvalue weighted by Crippen LogP contribution is -2.46. The molecule has 1 aromatic heterocycles. The lowest BCUT2D eigenvalue weighted by molar-refractivity contribution is -0.157. The van der Waals surface area contributed by atoms with Crippen molar-refractivity contribution >= 4 is 11.9 Å². The first-order valence-electron chi connectivity index (χ1n) is 8.67. The molecule has 8 heteroatoms. The lowest BCUT2D eigenvalue weighted by Gasteiger charge is -2.34. The van der Waals surface area contributed by atoms with Crippen molar-refractivity contribution in [2.75, 3.05) is 6.61 Å². The van der Waals surface area contributed by atoms with Crippen LogP contribution in [0.5, 0.6) is 0 Å². The van der Waals surface area contributed by atoms with Gasteiger partial charge >= 0.3 is 5.97 Å². The van der Waals surface area contributed by atoms with Gasteiger partial charge in [0.25, 0.3) is 12.3 Å². The van der Waals surface area contributed by atoms with Gasteiger partial charge in [0.15, 0.2) is 0 Å². The average molecular weight is 355 g/mol. The molecule has 3 atom stereocenters. The summed E-state index contributed by atoms with van der Waals surface area (Å²) < 4.78 is 32.2. The number of hydrogen-bond donors (Lipinski definition) is 0. The van der Waals surface area contributed by atoms with E-state index in [-0.39, 0.29) is 29.7 Å². The highest BCUT2D eigenvalue weighted by Gasteiger charge is 2.61. The van der Waals surface area contributed by atoms with Gasteiger partial charge < -0.3 is 9.64 Å². The van der Waals surface area contributed by atoms with Crippen LogP contribution in [0.3, 0.4) is 0 Å². The number of amides is 1. The molecular weight excluding hydrogens is 332 g/mol. The largest absolute Gasteiger partial charge is 0.466 e. The van der Waals surface area contributed by atoms with Crippen LogP contribution in [0, 0.1) is 5.41 Å². The summed E-state index contributed by atoms with van der Waals surface area (Å²) in [5.41, 5.74) is -0.980. The van der Waals surface area contributed by atoms with E-state index in [1.807, 2.05) is 6.92 Å². The van der Waals surface area contributed by atoms with Crippen LogP contribution in [0.15, 0.2) is 6.07 Å². The zero-order chi connectivity index (χ0) is 18.4. The number of alkyl halides is 2. The van der Waals surface area contributed by atoms with Crippen LogP contribution < -0.4 is 0 Å². The third kappa shape index (κ3) is 2.62. The maximum atomic E-state index is 13.0. The molecule has 1 aromatic rings. The highest BCUT2D eigenvalue weighted by atomic mass is 19.3. The van der Waals surface area contributed by atoms with E-state index in [0.29, 0.717) is 19.4 Å². The van der Waals surface area contributed by atoms with Gasteiger partial charge in [0, 0.05) is 19.1 Å². The predicted molar refractivity (Wildman–Crippen MR) is 85.1 cm³/mol. The molecular formula is C17H23F2N3O3. The van der Waals surface area contributed by atoms with Crippen LogP contribution in [0.2, 0.25) is 0 Å². The third-order valence-electron chi connectivity index (χ3n) is 5.63. The lowest BCUT2D eigenvalue weighted by atomic mass is 9.72. The van der Waals surface area contributed by atoms with E-state index in [0.717, 1.165) is 18.9 Å². The zero-order valence-electron chi connectivity index (χ0n) is 14.7. The smallest absolute Gasteiger partial charge is 0.314 e. The van der Waals surface area contributed by atoms with E-state index < -0.39 is 17.5 Å². The molecule has 0 unspecified atom stereocenters. The molecule has 0 spiro atoms. The number of hydrogen-bond acceptors (Lipinski definition) is 4. The number of fused-ring (bicyclic) bond motifs is 2. The number of nitrogens with zero attached hydrogens (tertiary/aromatic N) is 3. The fourth-order valence-corrected chi connectivity index (χ4v) is 4.44. The maximum absolute atomic E-state index is 13.0. The first-order chi connectivity index (χ1) is 11.9. The Morgan fingerprint density at radius 2 is 2.12 bits per heavy atom. The number of aryl methyl sites for hydroxylation is 1. The molecule has 25 heavy (non-hydrogen) atoms. The quantitative estimate of drug-likeness (QED) is 0.762. The maximum Gasteiger partial charge on any atom is 0.314 e. The zero-order valence-corrected chi connectivity index (χ0v) is 14.7. The van der Waals surface area contributed by atoms with Crippen LogP contribution in [0.4, 0.5) is 8.78 Å². The summed E-state index contributed by atoms with van der Waals surface area (Å²) >= 11 is 0. The van der Waals surface area contributed by atoms with Crippen LogP contribution in [-0.4, -0.2) is 45.2 Å². The number of halogens is 2. The molecule has 0 aromatic carbocycles. The summed E-state index contributed by atoms with van der Waals surface area (Å²) in [4.78, 5) is 27.3. The number of aromatic nitrogens is 2. The molecule has 2 saturated heterocycles. The van der Waals surface area contributed by atoms with Gasteiger partial charge in [-0.25, -0.2) is 8.78 Å². The van der Waals surface area contributed by atoms with E-state index in [1.54, 1.807) is 11.8 Å². The van der Waals surface area contributed by atoms with Crippen LogP contribution in [0.1, 0.15) is 62.1 Å². The van der Waals surface area contributed by atoms with Crippen molar-refractivity contribution in [1.29, 1.82) is 0 Å². The SMILES string of the molecule is CCOC(=O)[C@@]1(CC)C[C@H]2CC[C@@H]1N2C(=O)c1cc(C(F)F)nn1C. The van der Waals surface area contributed by atoms with Crippen LogP contribution in [0.25, 0.3) is 0 Å². The molecule has 2 bridgehead atoms. The van der Waals surface area contributed by atoms with E-state index >= 15 is 0 Å². The Kier molecular flexibility index (Phi) is 4.55. The van der Waals surface area contributed by atoms with Crippen molar-refractivity contribution in [3.05, 3.63) is 17.5 Å². The highest BCUT2D eigenvalue weighted by molar-refractivity contribution is 5.95. The van der Waals surface area contributed by atoms with Crippen molar-refractivity contribution in [2.45, 2.75) is 58.0 Å². The van der Waals surface area contributed by atoms with E-state index in [1.165, 1.54) is 11.7 Å². The van der Waals surface area contributed by atoms with Gasteiger partial charge in [-0.15, -0.1) is 0 Å². The molecule has 3 heterocycles. The number of carbonyl (C=O) groups is 2. The van der Waals surface area contributed by atoms with Crippen molar-refractivity contribution in [3.63, 3.8) is 0 Å². The Labute approximate surface area is 145 Å². The van der Waals surface area contributed by atoms with Gasteiger partial charge in [-0.05, 0) is 38.7 Å². The van der Waals surface area contributed by atoms with Crippen LogP contribution in [-0.2, 0) is 16.6 Å². The van der Waals surface area contributed by atoms with E-state index in [9.17, 15) is 18.4 Å². The second kappa shape index (κ2) is 6.38. The molecule has 0 radical (unpaired) electrons. The van der Waals surface area contributed by atoms with Gasteiger partial charge in [0.2, 0.25) is 0 Å². The number of ether oxygens (including phenoxy) is 1. The van der Waals surface area contributed by atoms with E-state index in [4.69, 9.17) is 4.74 Å². The summed E-state index contributed by atoms with van der Waals surface area (Å²) in [6, 6.07) is 0.827. The molecule has 0 saturated carbocycles. The Hall–Kier alpha value is -1.99. The van der Waals surface area contributed by atoms with Crippen molar-refractivity contribution in [1.82, 2.24) is 14.7 Å². The molecule has 2 aliphatic rings. The first kappa shape index (κ1) is 17.8. The van der Waals surface area contributed by atoms with Gasteiger partial charge in [0.1, 0.15) is 11.4 Å². The van der Waals surface area contributed by atoms with Gasteiger partial charge in [-0.3, -0.25) is 14.3 Å². The molecule has 1 amide bonds.